The van der Waals surface area contributed by atoms with Gasteiger partial charge in [0.1, 0.15) is 0 Å². The van der Waals surface area contributed by atoms with Gasteiger partial charge >= 0.3 is 0 Å². The van der Waals surface area contributed by atoms with E-state index in [4.69, 9.17) is 0 Å². The number of aromatic nitrogens is 2. The van der Waals surface area contributed by atoms with Crippen molar-refractivity contribution in [3.05, 3.63) is 63.5 Å². The van der Waals surface area contributed by atoms with E-state index in [9.17, 15) is 0 Å². The first-order chi connectivity index (χ1) is 9.83. The molecule has 0 fully saturated rings. The second kappa shape index (κ2) is 6.35. The fourth-order valence-corrected chi connectivity index (χ4v) is 3.94. The molecule has 3 rings (SSSR count). The highest BCUT2D eigenvalue weighted by atomic mass is 32.1. The molecule has 3 aromatic heterocycles. The molecule has 0 aliphatic carbocycles. The van der Waals surface area contributed by atoms with E-state index in [1.807, 2.05) is 18.7 Å². The number of thiophene rings is 2. The zero-order chi connectivity index (χ0) is 13.8. The molecule has 104 valence electrons. The molecule has 1 atom stereocenters. The van der Waals surface area contributed by atoms with Crippen molar-refractivity contribution in [3.63, 3.8) is 0 Å². The summed E-state index contributed by atoms with van der Waals surface area (Å²) < 4.78 is 2.11. The predicted octanol–water partition coefficient (Wildman–Crippen LogP) is 3.77. The van der Waals surface area contributed by atoms with E-state index in [2.05, 4.69) is 56.8 Å². The van der Waals surface area contributed by atoms with Gasteiger partial charge in [-0.15, -0.1) is 22.7 Å². The average Bonchev–Trinajstić information content (AvgIpc) is 3.18. The Morgan fingerprint density at radius 3 is 2.40 bits per heavy atom. The third kappa shape index (κ3) is 3.17. The molecule has 3 heterocycles. The highest BCUT2D eigenvalue weighted by Crippen LogP contribution is 2.29. The fourth-order valence-electron chi connectivity index (χ4n) is 2.26. The SMILES string of the molecule is CC(Cn1ccnc1)NC(c1cccs1)c1cccs1. The summed E-state index contributed by atoms with van der Waals surface area (Å²) in [6.07, 6.45) is 5.69. The van der Waals surface area contributed by atoms with E-state index in [1.165, 1.54) is 9.75 Å². The van der Waals surface area contributed by atoms with Crippen molar-refractivity contribution < 1.29 is 0 Å². The molecule has 0 aliphatic rings. The van der Waals surface area contributed by atoms with Crippen LogP contribution in [-0.2, 0) is 6.54 Å². The summed E-state index contributed by atoms with van der Waals surface area (Å²) in [7, 11) is 0. The first-order valence-electron chi connectivity index (χ1n) is 6.61. The van der Waals surface area contributed by atoms with Crippen molar-refractivity contribution in [2.75, 3.05) is 0 Å². The molecule has 0 aliphatic heterocycles. The second-order valence-electron chi connectivity index (χ2n) is 4.79. The molecule has 20 heavy (non-hydrogen) atoms. The van der Waals surface area contributed by atoms with Crippen molar-refractivity contribution >= 4 is 22.7 Å². The summed E-state index contributed by atoms with van der Waals surface area (Å²) in [4.78, 5) is 6.82. The van der Waals surface area contributed by atoms with Gasteiger partial charge in [0.05, 0.1) is 12.4 Å². The standard InChI is InChI=1S/C15H17N3S2/c1-12(10-18-7-6-16-11-18)17-15(13-4-2-8-19-13)14-5-3-9-20-14/h2-9,11-12,15,17H,10H2,1H3. The minimum atomic E-state index is 0.286. The fraction of sp³-hybridized carbons (Fsp3) is 0.267. The molecule has 0 radical (unpaired) electrons. The number of nitrogens with zero attached hydrogens (tertiary/aromatic N) is 2. The molecule has 5 heteroatoms. The summed E-state index contributed by atoms with van der Waals surface area (Å²) in [6, 6.07) is 9.29. The number of hydrogen-bond acceptors (Lipinski definition) is 4. The van der Waals surface area contributed by atoms with Crippen LogP contribution >= 0.6 is 22.7 Å². The number of imidazole rings is 1. The first kappa shape index (κ1) is 13.5. The number of rotatable bonds is 6. The van der Waals surface area contributed by atoms with Crippen LogP contribution in [0.4, 0.5) is 0 Å². The van der Waals surface area contributed by atoms with Crippen LogP contribution in [0.25, 0.3) is 0 Å². The Kier molecular flexibility index (Phi) is 4.30. The van der Waals surface area contributed by atoms with Gasteiger partial charge in [-0.2, -0.15) is 0 Å². The highest BCUT2D eigenvalue weighted by Gasteiger charge is 2.18. The van der Waals surface area contributed by atoms with Crippen LogP contribution in [0.5, 0.6) is 0 Å². The molecular formula is C15H17N3S2. The van der Waals surface area contributed by atoms with E-state index >= 15 is 0 Å². The lowest BCUT2D eigenvalue weighted by molar-refractivity contribution is 0.449. The van der Waals surface area contributed by atoms with Crippen LogP contribution < -0.4 is 5.32 Å². The molecule has 3 aromatic rings. The highest BCUT2D eigenvalue weighted by molar-refractivity contribution is 7.11. The summed E-state index contributed by atoms with van der Waals surface area (Å²) in [5.74, 6) is 0. The van der Waals surface area contributed by atoms with Gasteiger partial charge in [-0.3, -0.25) is 0 Å². The van der Waals surface area contributed by atoms with Crippen LogP contribution in [-0.4, -0.2) is 15.6 Å². The normalized spacial score (nSPS) is 12.9. The molecule has 0 spiro atoms. The Bertz CT molecular complexity index is 565. The molecule has 0 saturated carbocycles. The van der Waals surface area contributed by atoms with E-state index in [-0.39, 0.29) is 6.04 Å². The van der Waals surface area contributed by atoms with Gasteiger partial charge in [0.2, 0.25) is 0 Å². The molecular weight excluding hydrogens is 286 g/mol. The molecule has 3 nitrogen and oxygen atoms in total. The van der Waals surface area contributed by atoms with Crippen molar-refractivity contribution in [1.29, 1.82) is 0 Å². The van der Waals surface area contributed by atoms with E-state index in [1.54, 1.807) is 22.7 Å². The van der Waals surface area contributed by atoms with Crippen molar-refractivity contribution in [2.24, 2.45) is 0 Å². The maximum atomic E-state index is 4.09. The van der Waals surface area contributed by atoms with Gasteiger partial charge in [0, 0.05) is 34.7 Å². The molecule has 1 unspecified atom stereocenters. The minimum Gasteiger partial charge on any atom is -0.336 e. The van der Waals surface area contributed by atoms with Gasteiger partial charge in [0.15, 0.2) is 0 Å². The van der Waals surface area contributed by atoms with Crippen LogP contribution in [0.3, 0.4) is 0 Å². The Hall–Kier alpha value is -1.43. The Morgan fingerprint density at radius 2 is 1.90 bits per heavy atom. The van der Waals surface area contributed by atoms with Crippen LogP contribution in [0.2, 0.25) is 0 Å². The van der Waals surface area contributed by atoms with Crippen molar-refractivity contribution in [3.8, 4) is 0 Å². The number of hydrogen-bond donors (Lipinski definition) is 1. The third-order valence-corrected chi connectivity index (χ3v) is 5.02. The number of nitrogens with one attached hydrogen (secondary N) is 1. The van der Waals surface area contributed by atoms with E-state index in [0.29, 0.717) is 6.04 Å². The van der Waals surface area contributed by atoms with Gasteiger partial charge in [-0.25, -0.2) is 4.98 Å². The molecule has 0 amide bonds. The topological polar surface area (TPSA) is 29.9 Å². The monoisotopic (exact) mass is 303 g/mol. The minimum absolute atomic E-state index is 0.286. The zero-order valence-corrected chi connectivity index (χ0v) is 12.9. The quantitative estimate of drug-likeness (QED) is 0.751. The lowest BCUT2D eigenvalue weighted by atomic mass is 10.1. The van der Waals surface area contributed by atoms with Crippen LogP contribution in [0.1, 0.15) is 22.7 Å². The Labute approximate surface area is 126 Å². The smallest absolute Gasteiger partial charge is 0.0946 e. The van der Waals surface area contributed by atoms with Crippen LogP contribution in [0.15, 0.2) is 53.7 Å². The van der Waals surface area contributed by atoms with Gasteiger partial charge < -0.3 is 9.88 Å². The molecule has 0 saturated heterocycles. The Balaban J connectivity index is 1.73. The predicted molar refractivity (Wildman–Crippen MR) is 85.3 cm³/mol. The van der Waals surface area contributed by atoms with Crippen LogP contribution in [0, 0.1) is 0 Å². The Morgan fingerprint density at radius 1 is 1.20 bits per heavy atom. The largest absolute Gasteiger partial charge is 0.336 e. The maximum absolute atomic E-state index is 4.09. The van der Waals surface area contributed by atoms with Gasteiger partial charge in [-0.1, -0.05) is 12.1 Å². The third-order valence-electron chi connectivity index (χ3n) is 3.15. The summed E-state index contributed by atoms with van der Waals surface area (Å²) in [6.45, 7) is 3.14. The lowest BCUT2D eigenvalue weighted by Crippen LogP contribution is -2.33. The lowest BCUT2D eigenvalue weighted by Gasteiger charge is -2.22. The molecule has 0 bridgehead atoms. The zero-order valence-electron chi connectivity index (χ0n) is 11.3. The van der Waals surface area contributed by atoms with Crippen molar-refractivity contribution in [1.82, 2.24) is 14.9 Å². The summed E-state index contributed by atoms with van der Waals surface area (Å²) >= 11 is 3.61. The molecule has 0 aromatic carbocycles. The maximum Gasteiger partial charge on any atom is 0.0946 e. The van der Waals surface area contributed by atoms with Gasteiger partial charge in [0.25, 0.3) is 0 Å². The average molecular weight is 303 g/mol. The van der Waals surface area contributed by atoms with E-state index in [0.717, 1.165) is 6.54 Å². The second-order valence-corrected chi connectivity index (χ2v) is 6.75. The summed E-state index contributed by atoms with van der Waals surface area (Å²) in [5, 5.41) is 8.01. The van der Waals surface area contributed by atoms with Crippen molar-refractivity contribution in [2.45, 2.75) is 25.6 Å². The van der Waals surface area contributed by atoms with E-state index < -0.39 is 0 Å². The first-order valence-corrected chi connectivity index (χ1v) is 8.37. The molecule has 1 N–H and O–H groups in total. The van der Waals surface area contributed by atoms with Gasteiger partial charge in [-0.05, 0) is 29.8 Å². The summed E-state index contributed by atoms with van der Waals surface area (Å²) in [5.41, 5.74) is 0.